The van der Waals surface area contributed by atoms with E-state index in [0.717, 1.165) is 44.6 Å². The van der Waals surface area contributed by atoms with E-state index in [9.17, 15) is 4.79 Å². The van der Waals surface area contributed by atoms with Crippen LogP contribution in [0.5, 0.6) is 0 Å². The first-order valence-corrected chi connectivity index (χ1v) is 8.00. The average molecular weight is 305 g/mol. The van der Waals surface area contributed by atoms with E-state index in [0.29, 0.717) is 6.42 Å². The van der Waals surface area contributed by atoms with Crippen LogP contribution in [0.15, 0.2) is 30.3 Å². The summed E-state index contributed by atoms with van der Waals surface area (Å²) in [4.78, 5) is 14.6. The molecule has 5 heteroatoms. The van der Waals surface area contributed by atoms with Gasteiger partial charge >= 0.3 is 0 Å². The third kappa shape index (κ3) is 5.40. The summed E-state index contributed by atoms with van der Waals surface area (Å²) in [7, 11) is 1.72. The standard InChI is InChI=1S/C17H27N3O2/c1-22-12-11-20-9-7-15(8-10-20)19-17(21)16(18)13-14-5-3-2-4-6-14/h2-6,15-16H,7-13,18H2,1H3,(H,19,21). The number of rotatable bonds is 7. The molecule has 1 saturated heterocycles. The first-order chi connectivity index (χ1) is 10.7. The third-order valence-corrected chi connectivity index (χ3v) is 4.18. The second-order valence-electron chi connectivity index (χ2n) is 5.91. The molecule has 0 saturated carbocycles. The number of nitrogens with zero attached hydrogens (tertiary/aromatic N) is 1. The van der Waals surface area contributed by atoms with Gasteiger partial charge in [0.05, 0.1) is 12.6 Å². The number of piperidine rings is 1. The Labute approximate surface area is 132 Å². The zero-order chi connectivity index (χ0) is 15.8. The third-order valence-electron chi connectivity index (χ3n) is 4.18. The van der Waals surface area contributed by atoms with Crippen molar-refractivity contribution in [3.8, 4) is 0 Å². The molecule has 5 nitrogen and oxygen atoms in total. The van der Waals surface area contributed by atoms with Gasteiger partial charge in [-0.25, -0.2) is 0 Å². The van der Waals surface area contributed by atoms with Crippen molar-refractivity contribution in [2.75, 3.05) is 33.4 Å². The zero-order valence-electron chi connectivity index (χ0n) is 13.3. The second kappa shape index (κ2) is 8.88. The van der Waals surface area contributed by atoms with Crippen LogP contribution in [0.1, 0.15) is 18.4 Å². The molecule has 1 aliphatic rings. The Hall–Kier alpha value is -1.43. The van der Waals surface area contributed by atoms with Crippen LogP contribution in [0.2, 0.25) is 0 Å². The molecule has 1 aromatic rings. The summed E-state index contributed by atoms with van der Waals surface area (Å²) < 4.78 is 5.10. The molecule has 1 heterocycles. The Bertz CT molecular complexity index is 444. The second-order valence-corrected chi connectivity index (χ2v) is 5.91. The molecular weight excluding hydrogens is 278 g/mol. The summed E-state index contributed by atoms with van der Waals surface area (Å²) in [6.45, 7) is 3.73. The van der Waals surface area contributed by atoms with Gasteiger partial charge in [-0.1, -0.05) is 30.3 Å². The van der Waals surface area contributed by atoms with E-state index >= 15 is 0 Å². The fourth-order valence-electron chi connectivity index (χ4n) is 2.79. The van der Waals surface area contributed by atoms with Crippen LogP contribution < -0.4 is 11.1 Å². The molecule has 1 aromatic carbocycles. The number of nitrogens with one attached hydrogen (secondary N) is 1. The first-order valence-electron chi connectivity index (χ1n) is 8.00. The number of benzene rings is 1. The van der Waals surface area contributed by atoms with E-state index in [1.165, 1.54) is 0 Å². The number of ether oxygens (including phenoxy) is 1. The molecule has 1 atom stereocenters. The molecule has 0 aromatic heterocycles. The largest absolute Gasteiger partial charge is 0.383 e. The summed E-state index contributed by atoms with van der Waals surface area (Å²) >= 11 is 0. The summed E-state index contributed by atoms with van der Waals surface area (Å²) in [6, 6.07) is 9.67. The van der Waals surface area contributed by atoms with Gasteiger partial charge in [-0.2, -0.15) is 0 Å². The van der Waals surface area contributed by atoms with Gasteiger partial charge in [0, 0.05) is 32.8 Å². The van der Waals surface area contributed by atoms with Gasteiger partial charge < -0.3 is 20.7 Å². The number of carbonyl (C=O) groups excluding carboxylic acids is 1. The van der Waals surface area contributed by atoms with Crippen molar-refractivity contribution in [2.45, 2.75) is 31.3 Å². The van der Waals surface area contributed by atoms with E-state index in [-0.39, 0.29) is 11.9 Å². The maximum Gasteiger partial charge on any atom is 0.237 e. The molecule has 0 aliphatic carbocycles. The molecule has 1 unspecified atom stereocenters. The topological polar surface area (TPSA) is 67.6 Å². The zero-order valence-corrected chi connectivity index (χ0v) is 13.3. The minimum atomic E-state index is -0.478. The Morgan fingerprint density at radius 1 is 1.36 bits per heavy atom. The normalized spacial score (nSPS) is 18.1. The van der Waals surface area contributed by atoms with Crippen LogP contribution in [0.4, 0.5) is 0 Å². The SMILES string of the molecule is COCCN1CCC(NC(=O)C(N)Cc2ccccc2)CC1. The summed E-state index contributed by atoms with van der Waals surface area (Å²) in [6.07, 6.45) is 2.54. The smallest absolute Gasteiger partial charge is 0.237 e. The van der Waals surface area contributed by atoms with Gasteiger partial charge in [0.2, 0.25) is 5.91 Å². The lowest BCUT2D eigenvalue weighted by Crippen LogP contribution is -2.50. The number of methoxy groups -OCH3 is 1. The van der Waals surface area contributed by atoms with Crippen molar-refractivity contribution in [3.63, 3.8) is 0 Å². The van der Waals surface area contributed by atoms with Crippen molar-refractivity contribution in [1.29, 1.82) is 0 Å². The first kappa shape index (κ1) is 16.9. The molecule has 1 fully saturated rings. The van der Waals surface area contributed by atoms with Crippen LogP contribution in [-0.4, -0.2) is 56.2 Å². The molecule has 3 N–H and O–H groups in total. The molecule has 22 heavy (non-hydrogen) atoms. The van der Waals surface area contributed by atoms with E-state index in [1.54, 1.807) is 7.11 Å². The van der Waals surface area contributed by atoms with Gasteiger partial charge in [0.25, 0.3) is 0 Å². The minimum absolute atomic E-state index is 0.0424. The highest BCUT2D eigenvalue weighted by molar-refractivity contribution is 5.82. The van der Waals surface area contributed by atoms with Crippen LogP contribution >= 0.6 is 0 Å². The molecule has 1 aliphatic heterocycles. The van der Waals surface area contributed by atoms with Crippen molar-refractivity contribution in [3.05, 3.63) is 35.9 Å². The molecule has 0 radical (unpaired) electrons. The van der Waals surface area contributed by atoms with E-state index in [2.05, 4.69) is 10.2 Å². The van der Waals surface area contributed by atoms with Crippen molar-refractivity contribution in [1.82, 2.24) is 10.2 Å². The van der Waals surface area contributed by atoms with Gasteiger partial charge in [-0.15, -0.1) is 0 Å². The Morgan fingerprint density at radius 3 is 2.68 bits per heavy atom. The Balaban J connectivity index is 1.71. The van der Waals surface area contributed by atoms with Gasteiger partial charge in [-0.05, 0) is 24.8 Å². The van der Waals surface area contributed by atoms with E-state index in [1.807, 2.05) is 30.3 Å². The highest BCUT2D eigenvalue weighted by Crippen LogP contribution is 2.10. The van der Waals surface area contributed by atoms with Gasteiger partial charge in [-0.3, -0.25) is 4.79 Å². The summed E-state index contributed by atoms with van der Waals surface area (Å²) in [5, 5.41) is 3.09. The highest BCUT2D eigenvalue weighted by Gasteiger charge is 2.22. The molecule has 122 valence electrons. The van der Waals surface area contributed by atoms with Gasteiger partial charge in [0.15, 0.2) is 0 Å². The van der Waals surface area contributed by atoms with Gasteiger partial charge in [0.1, 0.15) is 0 Å². The molecule has 0 spiro atoms. The molecule has 2 rings (SSSR count). The van der Waals surface area contributed by atoms with Crippen LogP contribution in [0.3, 0.4) is 0 Å². The predicted molar refractivity (Wildman–Crippen MR) is 87.6 cm³/mol. The minimum Gasteiger partial charge on any atom is -0.383 e. The lowest BCUT2D eigenvalue weighted by Gasteiger charge is -2.32. The highest BCUT2D eigenvalue weighted by atomic mass is 16.5. The number of nitrogens with two attached hydrogens (primary N) is 1. The lowest BCUT2D eigenvalue weighted by atomic mass is 10.0. The van der Waals surface area contributed by atoms with Crippen LogP contribution in [0.25, 0.3) is 0 Å². The number of carbonyl (C=O) groups is 1. The molecule has 1 amide bonds. The predicted octanol–water partition coefficient (Wildman–Crippen LogP) is 0.783. The van der Waals surface area contributed by atoms with E-state index < -0.39 is 6.04 Å². The lowest BCUT2D eigenvalue weighted by molar-refractivity contribution is -0.123. The summed E-state index contributed by atoms with van der Waals surface area (Å²) in [5.74, 6) is -0.0424. The Morgan fingerprint density at radius 2 is 2.05 bits per heavy atom. The number of hydrogen-bond acceptors (Lipinski definition) is 4. The van der Waals surface area contributed by atoms with Crippen LogP contribution in [-0.2, 0) is 16.0 Å². The monoisotopic (exact) mass is 305 g/mol. The fourth-order valence-corrected chi connectivity index (χ4v) is 2.79. The van der Waals surface area contributed by atoms with Crippen molar-refractivity contribution < 1.29 is 9.53 Å². The van der Waals surface area contributed by atoms with Crippen molar-refractivity contribution in [2.24, 2.45) is 5.73 Å². The molecule has 0 bridgehead atoms. The number of amides is 1. The molecular formula is C17H27N3O2. The average Bonchev–Trinajstić information content (AvgIpc) is 2.55. The van der Waals surface area contributed by atoms with Crippen LogP contribution in [0, 0.1) is 0 Å². The number of likely N-dealkylation sites (tertiary alicyclic amines) is 1. The Kier molecular flexibility index (Phi) is 6.83. The quantitative estimate of drug-likeness (QED) is 0.781. The maximum absolute atomic E-state index is 12.2. The summed E-state index contributed by atoms with van der Waals surface area (Å²) in [5.41, 5.74) is 7.12. The number of hydrogen-bond donors (Lipinski definition) is 2. The maximum atomic E-state index is 12.2. The van der Waals surface area contributed by atoms with E-state index in [4.69, 9.17) is 10.5 Å². The van der Waals surface area contributed by atoms with Crippen molar-refractivity contribution >= 4 is 5.91 Å². The fraction of sp³-hybridized carbons (Fsp3) is 0.588.